The molecule has 2 heterocycles. The van der Waals surface area contributed by atoms with Crippen molar-refractivity contribution in [2.75, 3.05) is 13.2 Å². The second-order valence-corrected chi connectivity index (χ2v) is 5.67. The Kier molecular flexibility index (Phi) is 4.47. The summed E-state index contributed by atoms with van der Waals surface area (Å²) < 4.78 is 7.06. The molecule has 0 spiro atoms. The van der Waals surface area contributed by atoms with Gasteiger partial charge in [0, 0.05) is 24.7 Å². The highest BCUT2D eigenvalue weighted by molar-refractivity contribution is 6.33. The van der Waals surface area contributed by atoms with Crippen LogP contribution < -0.4 is 5.32 Å². The van der Waals surface area contributed by atoms with E-state index in [1.165, 1.54) is 0 Å². The van der Waals surface area contributed by atoms with Crippen molar-refractivity contribution in [1.29, 1.82) is 0 Å². The van der Waals surface area contributed by atoms with Crippen molar-refractivity contribution in [2.24, 2.45) is 0 Å². The summed E-state index contributed by atoms with van der Waals surface area (Å²) in [6.45, 7) is 0.765. The van der Waals surface area contributed by atoms with Crippen LogP contribution in [0.2, 0.25) is 5.02 Å². The monoisotopic (exact) mass is 320 g/mol. The lowest BCUT2D eigenvalue weighted by Gasteiger charge is -2.28. The summed E-state index contributed by atoms with van der Waals surface area (Å²) in [5, 5.41) is 13.1. The Morgan fingerprint density at radius 3 is 2.86 bits per heavy atom. The van der Waals surface area contributed by atoms with E-state index in [-0.39, 0.29) is 18.6 Å². The summed E-state index contributed by atoms with van der Waals surface area (Å²) >= 11 is 6.15. The summed E-state index contributed by atoms with van der Waals surface area (Å²) in [7, 11) is 0. The summed E-state index contributed by atoms with van der Waals surface area (Å²) in [6.07, 6.45) is 3.69. The smallest absolute Gasteiger partial charge is 0.253 e. The first kappa shape index (κ1) is 15.1. The molecule has 0 aliphatic carbocycles. The Morgan fingerprint density at radius 1 is 1.36 bits per heavy atom. The fourth-order valence-corrected chi connectivity index (χ4v) is 2.70. The number of amides is 1. The van der Waals surface area contributed by atoms with Gasteiger partial charge in [-0.2, -0.15) is 0 Å². The van der Waals surface area contributed by atoms with Gasteiger partial charge in [0.15, 0.2) is 0 Å². The van der Waals surface area contributed by atoms with E-state index in [0.29, 0.717) is 23.6 Å². The number of halogens is 1. The minimum Gasteiger partial charge on any atom is -0.389 e. The summed E-state index contributed by atoms with van der Waals surface area (Å²) in [6, 6.07) is 8.80. The lowest BCUT2D eigenvalue weighted by Crippen LogP contribution is -2.48. The number of nitrogens with zero attached hydrogens (tertiary/aromatic N) is 1. The predicted molar refractivity (Wildman–Crippen MR) is 83.5 cm³/mol. The van der Waals surface area contributed by atoms with E-state index in [4.69, 9.17) is 16.3 Å². The molecule has 0 unspecified atom stereocenters. The maximum atomic E-state index is 12.4. The van der Waals surface area contributed by atoms with E-state index in [1.54, 1.807) is 12.1 Å². The average Bonchev–Trinajstić information content (AvgIpc) is 3.04. The highest BCUT2D eigenvalue weighted by Gasteiger charge is 2.26. The number of aliphatic hydroxyl groups is 1. The minimum atomic E-state index is -0.691. The zero-order valence-corrected chi connectivity index (χ0v) is 12.7. The number of carbonyl (C=O) groups is 1. The molecule has 1 amide bonds. The van der Waals surface area contributed by atoms with E-state index < -0.39 is 6.10 Å². The van der Waals surface area contributed by atoms with Crippen molar-refractivity contribution < 1.29 is 14.6 Å². The Bertz CT molecular complexity index is 657. The van der Waals surface area contributed by atoms with Crippen LogP contribution in [0.1, 0.15) is 16.8 Å². The first-order chi connectivity index (χ1) is 10.6. The molecule has 5 nitrogen and oxygen atoms in total. The number of aliphatic hydroxyl groups excluding tert-OH is 1. The van der Waals surface area contributed by atoms with Gasteiger partial charge >= 0.3 is 0 Å². The molecular formula is C16H17ClN2O3. The highest BCUT2D eigenvalue weighted by Crippen LogP contribution is 2.21. The first-order valence-corrected chi connectivity index (χ1v) is 7.52. The summed E-state index contributed by atoms with van der Waals surface area (Å²) in [5.41, 5.74) is 1.25. The van der Waals surface area contributed by atoms with Gasteiger partial charge < -0.3 is 19.7 Å². The van der Waals surface area contributed by atoms with Crippen molar-refractivity contribution in [3.8, 4) is 5.69 Å². The van der Waals surface area contributed by atoms with E-state index in [0.717, 1.165) is 5.69 Å². The molecule has 2 aromatic rings. The molecule has 2 N–H and O–H groups in total. The molecule has 2 atom stereocenters. The maximum Gasteiger partial charge on any atom is 0.253 e. The third-order valence-corrected chi connectivity index (χ3v) is 4.07. The van der Waals surface area contributed by atoms with Crippen molar-refractivity contribution in [1.82, 2.24) is 9.88 Å². The molecule has 1 aromatic heterocycles. The topological polar surface area (TPSA) is 63.5 Å². The van der Waals surface area contributed by atoms with Crippen molar-refractivity contribution >= 4 is 17.5 Å². The van der Waals surface area contributed by atoms with E-state index >= 15 is 0 Å². The molecule has 1 fully saturated rings. The minimum absolute atomic E-state index is 0.238. The normalized spacial score (nSPS) is 21.5. The van der Waals surface area contributed by atoms with Gasteiger partial charge in [0.05, 0.1) is 29.3 Å². The third-order valence-electron chi connectivity index (χ3n) is 3.74. The van der Waals surface area contributed by atoms with Crippen LogP contribution in [0.4, 0.5) is 0 Å². The van der Waals surface area contributed by atoms with Gasteiger partial charge in [0.2, 0.25) is 0 Å². The van der Waals surface area contributed by atoms with Crippen molar-refractivity contribution in [3.05, 3.63) is 53.3 Å². The number of hydrogen-bond donors (Lipinski definition) is 2. The Balaban J connectivity index is 1.81. The Morgan fingerprint density at radius 2 is 2.14 bits per heavy atom. The zero-order valence-electron chi connectivity index (χ0n) is 11.9. The molecule has 1 aromatic carbocycles. The second-order valence-electron chi connectivity index (χ2n) is 5.27. The lowest BCUT2D eigenvalue weighted by atomic mass is 10.1. The molecule has 0 saturated carbocycles. The number of hydrogen-bond acceptors (Lipinski definition) is 3. The summed E-state index contributed by atoms with van der Waals surface area (Å²) in [4.78, 5) is 12.4. The van der Waals surface area contributed by atoms with E-state index in [2.05, 4.69) is 5.32 Å². The fourth-order valence-electron chi connectivity index (χ4n) is 2.49. The van der Waals surface area contributed by atoms with Crippen LogP contribution in [0.25, 0.3) is 5.69 Å². The molecule has 0 bridgehead atoms. The first-order valence-electron chi connectivity index (χ1n) is 7.15. The maximum absolute atomic E-state index is 12.4. The van der Waals surface area contributed by atoms with Crippen LogP contribution in [0.5, 0.6) is 0 Å². The Labute approximate surface area is 133 Å². The SMILES string of the molecule is O=C(N[C@@H]1CCOC[C@H]1O)c1cc(-n2cccc2)ccc1Cl. The van der Waals surface area contributed by atoms with Gasteiger partial charge in [-0.1, -0.05) is 11.6 Å². The van der Waals surface area contributed by atoms with Gasteiger partial charge in [-0.15, -0.1) is 0 Å². The second kappa shape index (κ2) is 6.52. The highest BCUT2D eigenvalue weighted by atomic mass is 35.5. The number of aromatic nitrogens is 1. The predicted octanol–water partition coefficient (Wildman–Crippen LogP) is 2.01. The van der Waals surface area contributed by atoms with Crippen LogP contribution in [0.15, 0.2) is 42.7 Å². The number of rotatable bonds is 3. The molecule has 1 aliphatic heterocycles. The van der Waals surface area contributed by atoms with E-state index in [9.17, 15) is 9.90 Å². The van der Waals surface area contributed by atoms with Gasteiger partial charge in [0.1, 0.15) is 0 Å². The Hall–Kier alpha value is -1.82. The number of ether oxygens (including phenoxy) is 1. The van der Waals surface area contributed by atoms with Crippen LogP contribution in [0, 0.1) is 0 Å². The van der Waals surface area contributed by atoms with Gasteiger partial charge in [-0.3, -0.25) is 4.79 Å². The molecular weight excluding hydrogens is 304 g/mol. The largest absolute Gasteiger partial charge is 0.389 e. The molecule has 1 aliphatic rings. The quantitative estimate of drug-likeness (QED) is 0.909. The van der Waals surface area contributed by atoms with E-state index in [1.807, 2.05) is 35.2 Å². The molecule has 0 radical (unpaired) electrons. The summed E-state index contributed by atoms with van der Waals surface area (Å²) in [5.74, 6) is -0.287. The lowest BCUT2D eigenvalue weighted by molar-refractivity contribution is -0.0260. The molecule has 1 saturated heterocycles. The zero-order chi connectivity index (χ0) is 15.5. The van der Waals surface area contributed by atoms with Crippen LogP contribution in [-0.2, 0) is 4.74 Å². The standard InChI is InChI=1S/C16H17ClN2O3/c17-13-4-3-11(19-6-1-2-7-19)9-12(13)16(21)18-14-5-8-22-10-15(14)20/h1-4,6-7,9,14-15,20H,5,8,10H2,(H,18,21)/t14-,15-/m1/s1. The fraction of sp³-hybridized carbons (Fsp3) is 0.312. The molecule has 116 valence electrons. The van der Waals surface area contributed by atoms with Gasteiger partial charge in [-0.05, 0) is 36.8 Å². The molecule has 22 heavy (non-hydrogen) atoms. The van der Waals surface area contributed by atoms with Crippen LogP contribution in [0.3, 0.4) is 0 Å². The van der Waals surface area contributed by atoms with Gasteiger partial charge in [0.25, 0.3) is 5.91 Å². The third kappa shape index (κ3) is 3.16. The molecule has 6 heteroatoms. The number of nitrogens with one attached hydrogen (secondary N) is 1. The van der Waals surface area contributed by atoms with Gasteiger partial charge in [-0.25, -0.2) is 0 Å². The average molecular weight is 321 g/mol. The number of benzene rings is 1. The van der Waals surface area contributed by atoms with Crippen LogP contribution in [-0.4, -0.2) is 40.9 Å². The van der Waals surface area contributed by atoms with Crippen molar-refractivity contribution in [3.63, 3.8) is 0 Å². The van der Waals surface area contributed by atoms with Crippen molar-refractivity contribution in [2.45, 2.75) is 18.6 Å². The number of carbonyl (C=O) groups excluding carboxylic acids is 1. The van der Waals surface area contributed by atoms with Crippen LogP contribution >= 0.6 is 11.6 Å². The molecule has 3 rings (SSSR count).